The molecule has 0 bridgehead atoms. The summed E-state index contributed by atoms with van der Waals surface area (Å²) in [6, 6.07) is 29.3. The number of nitro groups is 1. The second-order valence-electron chi connectivity index (χ2n) is 13.7. The number of esters is 1. The number of hydrogen-bond donors (Lipinski definition) is 2. The molecule has 0 spiro atoms. The van der Waals surface area contributed by atoms with Crippen LogP contribution in [0.4, 0.5) is 10.5 Å². The number of ether oxygens (including phenoxy) is 2. The highest BCUT2D eigenvalue weighted by atomic mass is 31.2. The number of para-hydroxylation sites is 1. The molecule has 3 atom stereocenters. The first-order chi connectivity index (χ1) is 26.2. The van der Waals surface area contributed by atoms with Crippen molar-refractivity contribution in [3.8, 4) is 11.1 Å². The molecule has 2 aliphatic carbocycles. The van der Waals surface area contributed by atoms with Crippen molar-refractivity contribution in [2.75, 3.05) is 13.7 Å². The van der Waals surface area contributed by atoms with E-state index in [1.165, 1.54) is 31.4 Å². The molecule has 1 saturated carbocycles. The molecule has 280 valence electrons. The number of nitro benzene ring substituents is 1. The third-order valence-electron chi connectivity index (χ3n) is 10.4. The number of fused-ring (bicyclic) bond motifs is 4. The highest BCUT2D eigenvalue weighted by molar-refractivity contribution is 7.54. The molecule has 7 rings (SSSR count). The van der Waals surface area contributed by atoms with Gasteiger partial charge in [-0.05, 0) is 70.3 Å². The van der Waals surface area contributed by atoms with Gasteiger partial charge in [-0.25, -0.2) is 9.59 Å². The molecule has 2 N–H and O–H groups in total. The van der Waals surface area contributed by atoms with Gasteiger partial charge in [0.2, 0.25) is 0 Å². The van der Waals surface area contributed by atoms with E-state index in [0.29, 0.717) is 18.4 Å². The van der Waals surface area contributed by atoms with Crippen LogP contribution in [0, 0.1) is 16.0 Å². The monoisotopic (exact) mass is 751 g/mol. The SMILES string of the molecule is COC(=O)C(Cc1c[nH]c2ccccc12)OP(=O)(OCc1ccc([N+](=O)[O-])cc1)[C@@H](NC(=O)OCC1c2ccccc2-c2ccccc21)C1CCCCC1. The van der Waals surface area contributed by atoms with Crippen LogP contribution in [0.2, 0.25) is 0 Å². The van der Waals surface area contributed by atoms with Crippen molar-refractivity contribution in [3.05, 3.63) is 136 Å². The van der Waals surface area contributed by atoms with E-state index in [4.69, 9.17) is 18.5 Å². The Hall–Kier alpha value is -5.29. The summed E-state index contributed by atoms with van der Waals surface area (Å²) in [6.07, 6.45) is 3.53. The number of nitrogens with one attached hydrogen (secondary N) is 2. The summed E-state index contributed by atoms with van der Waals surface area (Å²) >= 11 is 0. The summed E-state index contributed by atoms with van der Waals surface area (Å²) in [5.74, 6) is -2.46. The molecule has 2 aliphatic rings. The van der Waals surface area contributed by atoms with Crippen LogP contribution in [-0.4, -0.2) is 47.6 Å². The van der Waals surface area contributed by atoms with Crippen molar-refractivity contribution < 1.29 is 37.6 Å². The maximum atomic E-state index is 15.5. The third kappa shape index (κ3) is 7.96. The van der Waals surface area contributed by atoms with E-state index in [1.54, 1.807) is 6.20 Å². The topological polar surface area (TPSA) is 159 Å². The maximum absolute atomic E-state index is 15.5. The summed E-state index contributed by atoms with van der Waals surface area (Å²) in [5, 5.41) is 15.0. The molecule has 4 aromatic carbocycles. The summed E-state index contributed by atoms with van der Waals surface area (Å²) in [6.45, 7) is -0.233. The van der Waals surface area contributed by atoms with Gasteiger partial charge in [0.15, 0.2) is 6.10 Å². The van der Waals surface area contributed by atoms with Crippen LogP contribution in [0.5, 0.6) is 0 Å². The predicted octanol–water partition coefficient (Wildman–Crippen LogP) is 9.03. The number of hydrogen-bond acceptors (Lipinski definition) is 9. The van der Waals surface area contributed by atoms with E-state index in [2.05, 4.69) is 22.4 Å². The van der Waals surface area contributed by atoms with E-state index < -0.39 is 36.5 Å². The largest absolute Gasteiger partial charge is 0.467 e. The highest BCUT2D eigenvalue weighted by Crippen LogP contribution is 2.58. The molecule has 0 radical (unpaired) electrons. The summed E-state index contributed by atoms with van der Waals surface area (Å²) < 4.78 is 39.1. The number of aromatic nitrogens is 1. The number of aromatic amines is 1. The Morgan fingerprint density at radius 2 is 1.56 bits per heavy atom. The standard InChI is InChI=1S/C41H42N3O9P/c1-50-40(45)38(23-29-24-42-37-18-10-9-13-31(29)37)53-54(49,52-25-27-19-21-30(22-20-27)44(47)48)39(28-11-3-2-4-12-28)43-41(46)51-26-36-34-16-7-5-14-32(34)33-15-6-8-17-35(33)36/h5-10,13-22,24,28,36,38-39,42H,2-4,11-12,23,25-26H2,1H3,(H,43,46)/t38?,39-,54?/m1/s1. The average Bonchev–Trinajstić information content (AvgIpc) is 3.76. The lowest BCUT2D eigenvalue weighted by Crippen LogP contribution is -2.43. The van der Waals surface area contributed by atoms with E-state index in [0.717, 1.165) is 58.0 Å². The number of carbonyl (C=O) groups is 2. The number of amides is 1. The minimum absolute atomic E-state index is 0.00387. The Bertz CT molecular complexity index is 2130. The first-order valence-corrected chi connectivity index (χ1v) is 19.8. The molecule has 12 nitrogen and oxygen atoms in total. The lowest BCUT2D eigenvalue weighted by Gasteiger charge is -2.36. The molecule has 0 saturated heterocycles. The van der Waals surface area contributed by atoms with E-state index >= 15 is 4.57 Å². The lowest BCUT2D eigenvalue weighted by atomic mass is 9.89. The van der Waals surface area contributed by atoms with Crippen LogP contribution < -0.4 is 5.32 Å². The zero-order valence-corrected chi connectivity index (χ0v) is 30.7. The van der Waals surface area contributed by atoms with Crippen LogP contribution in [0.1, 0.15) is 60.3 Å². The molecular weight excluding hydrogens is 709 g/mol. The molecule has 0 aliphatic heterocycles. The summed E-state index contributed by atoms with van der Waals surface area (Å²) in [5.41, 5.74) is 6.24. The third-order valence-corrected chi connectivity index (χ3v) is 12.7. The normalized spacial score (nSPS) is 16.5. The van der Waals surface area contributed by atoms with Crippen LogP contribution in [0.25, 0.3) is 22.0 Å². The minimum atomic E-state index is -4.46. The van der Waals surface area contributed by atoms with E-state index in [1.807, 2.05) is 60.7 Å². The van der Waals surface area contributed by atoms with Gasteiger partial charge in [-0.2, -0.15) is 0 Å². The number of H-pyrrole nitrogens is 1. The number of benzene rings is 4. The van der Waals surface area contributed by atoms with Crippen molar-refractivity contribution in [2.45, 2.75) is 62.9 Å². The molecule has 5 aromatic rings. The Kier molecular flexibility index (Phi) is 11.2. The number of nitrogens with zero attached hydrogens (tertiary/aromatic N) is 1. The van der Waals surface area contributed by atoms with E-state index in [9.17, 15) is 19.7 Å². The first-order valence-electron chi connectivity index (χ1n) is 18.1. The predicted molar refractivity (Wildman–Crippen MR) is 203 cm³/mol. The number of alkyl carbamates (subject to hydrolysis) is 1. The zero-order valence-electron chi connectivity index (χ0n) is 29.8. The maximum Gasteiger partial charge on any atom is 0.407 e. The fraction of sp³-hybridized carbons (Fsp3) is 0.317. The quantitative estimate of drug-likeness (QED) is 0.0489. The number of methoxy groups -OCH3 is 1. The van der Waals surface area contributed by atoms with Gasteiger partial charge in [-0.3, -0.25) is 19.2 Å². The van der Waals surface area contributed by atoms with Gasteiger partial charge in [0, 0.05) is 41.6 Å². The van der Waals surface area contributed by atoms with Crippen LogP contribution >= 0.6 is 7.60 Å². The van der Waals surface area contributed by atoms with Gasteiger partial charge >= 0.3 is 19.7 Å². The van der Waals surface area contributed by atoms with Gasteiger partial charge in [0.05, 0.1) is 18.6 Å². The van der Waals surface area contributed by atoms with Gasteiger partial charge in [-0.15, -0.1) is 0 Å². The second-order valence-corrected chi connectivity index (χ2v) is 15.8. The minimum Gasteiger partial charge on any atom is -0.467 e. The second kappa shape index (κ2) is 16.4. The van der Waals surface area contributed by atoms with Crippen molar-refractivity contribution in [1.82, 2.24) is 10.3 Å². The molecule has 54 heavy (non-hydrogen) atoms. The zero-order chi connectivity index (χ0) is 37.7. The molecule has 1 aromatic heterocycles. The van der Waals surface area contributed by atoms with Gasteiger partial charge in [-0.1, -0.05) is 86.0 Å². The molecule has 1 fully saturated rings. The number of non-ortho nitro benzene ring substituents is 1. The molecular formula is C41H42N3O9P. The van der Waals surface area contributed by atoms with E-state index in [-0.39, 0.29) is 37.2 Å². The molecule has 2 unspecified atom stereocenters. The Labute approximate surface area is 312 Å². The molecule has 13 heteroatoms. The summed E-state index contributed by atoms with van der Waals surface area (Å²) in [7, 11) is -3.24. The van der Waals surface area contributed by atoms with Crippen molar-refractivity contribution in [1.29, 1.82) is 0 Å². The van der Waals surface area contributed by atoms with Crippen molar-refractivity contribution in [3.63, 3.8) is 0 Å². The molecule has 1 amide bonds. The van der Waals surface area contributed by atoms with Crippen LogP contribution in [0.3, 0.4) is 0 Å². The van der Waals surface area contributed by atoms with Crippen LogP contribution in [0.15, 0.2) is 103 Å². The number of rotatable bonds is 14. The lowest BCUT2D eigenvalue weighted by molar-refractivity contribution is -0.384. The molecule has 1 heterocycles. The van der Waals surface area contributed by atoms with Crippen molar-refractivity contribution >= 4 is 36.2 Å². The first kappa shape index (κ1) is 37.0. The summed E-state index contributed by atoms with van der Waals surface area (Å²) in [4.78, 5) is 41.2. The highest BCUT2D eigenvalue weighted by Gasteiger charge is 2.46. The fourth-order valence-corrected chi connectivity index (χ4v) is 9.97. The fourth-order valence-electron chi connectivity index (χ4n) is 7.69. The Morgan fingerprint density at radius 3 is 2.22 bits per heavy atom. The smallest absolute Gasteiger partial charge is 0.407 e. The Morgan fingerprint density at radius 1 is 0.907 bits per heavy atom. The average molecular weight is 752 g/mol. The Balaban J connectivity index is 1.19. The van der Waals surface area contributed by atoms with Gasteiger partial charge < -0.3 is 24.3 Å². The van der Waals surface area contributed by atoms with Gasteiger partial charge in [0.1, 0.15) is 12.4 Å². The van der Waals surface area contributed by atoms with Crippen LogP contribution in [-0.2, 0) is 40.9 Å². The van der Waals surface area contributed by atoms with Crippen molar-refractivity contribution in [2.24, 2.45) is 5.92 Å². The number of carbonyl (C=O) groups excluding carboxylic acids is 2. The van der Waals surface area contributed by atoms with Gasteiger partial charge in [0.25, 0.3) is 5.69 Å².